The van der Waals surface area contributed by atoms with E-state index < -0.39 is 0 Å². The molecule has 1 aromatic carbocycles. The van der Waals surface area contributed by atoms with Gasteiger partial charge in [0.05, 0.1) is 6.54 Å². The highest BCUT2D eigenvalue weighted by Crippen LogP contribution is 2.25. The van der Waals surface area contributed by atoms with Crippen LogP contribution in [-0.4, -0.2) is 55.0 Å². The SMILES string of the molecule is CCNC(=NCCN(CC)C1CC1)N(C)Cc1cccc(F)c1.I. The summed E-state index contributed by atoms with van der Waals surface area (Å²) in [5.41, 5.74) is 0.950. The van der Waals surface area contributed by atoms with Gasteiger partial charge in [-0.25, -0.2) is 4.39 Å². The molecular weight excluding hydrogens is 418 g/mol. The van der Waals surface area contributed by atoms with Crippen molar-refractivity contribution in [1.82, 2.24) is 15.1 Å². The molecule has 6 heteroatoms. The molecular formula is C18H30FIN4. The lowest BCUT2D eigenvalue weighted by Crippen LogP contribution is -2.39. The van der Waals surface area contributed by atoms with Crippen LogP contribution < -0.4 is 5.32 Å². The number of hydrogen-bond acceptors (Lipinski definition) is 2. The Morgan fingerprint density at radius 1 is 1.33 bits per heavy atom. The molecule has 1 aromatic rings. The van der Waals surface area contributed by atoms with Crippen LogP contribution in [0.4, 0.5) is 4.39 Å². The molecule has 1 aliphatic carbocycles. The molecule has 0 heterocycles. The van der Waals surface area contributed by atoms with Crippen LogP contribution in [0.3, 0.4) is 0 Å². The minimum absolute atomic E-state index is 0. The normalized spacial score (nSPS) is 14.5. The van der Waals surface area contributed by atoms with Crippen LogP contribution in [0.2, 0.25) is 0 Å². The first-order chi connectivity index (χ1) is 11.1. The molecule has 0 saturated heterocycles. The number of rotatable bonds is 8. The Labute approximate surface area is 162 Å². The number of nitrogens with zero attached hydrogens (tertiary/aromatic N) is 3. The highest BCUT2D eigenvalue weighted by atomic mass is 127. The van der Waals surface area contributed by atoms with Crippen molar-refractivity contribution in [3.63, 3.8) is 0 Å². The van der Waals surface area contributed by atoms with Crippen molar-refractivity contribution in [3.8, 4) is 0 Å². The summed E-state index contributed by atoms with van der Waals surface area (Å²) in [5, 5.41) is 3.32. The maximum absolute atomic E-state index is 13.3. The Kier molecular flexibility index (Phi) is 9.58. The van der Waals surface area contributed by atoms with Gasteiger partial charge in [-0.15, -0.1) is 24.0 Å². The van der Waals surface area contributed by atoms with Gasteiger partial charge >= 0.3 is 0 Å². The smallest absolute Gasteiger partial charge is 0.194 e. The summed E-state index contributed by atoms with van der Waals surface area (Å²) in [6.45, 7) is 8.63. The molecule has 4 nitrogen and oxygen atoms in total. The van der Waals surface area contributed by atoms with Gasteiger partial charge < -0.3 is 10.2 Å². The first-order valence-corrected chi connectivity index (χ1v) is 8.62. The van der Waals surface area contributed by atoms with Crippen molar-refractivity contribution in [2.45, 2.75) is 39.3 Å². The minimum atomic E-state index is -0.194. The van der Waals surface area contributed by atoms with Crippen LogP contribution in [0.15, 0.2) is 29.3 Å². The molecule has 24 heavy (non-hydrogen) atoms. The lowest BCUT2D eigenvalue weighted by Gasteiger charge is -2.23. The molecule has 0 bridgehead atoms. The van der Waals surface area contributed by atoms with E-state index in [-0.39, 0.29) is 29.8 Å². The number of aliphatic imine (C=N–C) groups is 1. The van der Waals surface area contributed by atoms with Crippen molar-refractivity contribution in [1.29, 1.82) is 0 Å². The number of benzene rings is 1. The largest absolute Gasteiger partial charge is 0.357 e. The van der Waals surface area contributed by atoms with E-state index in [0.717, 1.165) is 43.7 Å². The van der Waals surface area contributed by atoms with Gasteiger partial charge in [-0.3, -0.25) is 9.89 Å². The van der Waals surface area contributed by atoms with Crippen molar-refractivity contribution in [3.05, 3.63) is 35.6 Å². The Morgan fingerprint density at radius 2 is 2.08 bits per heavy atom. The lowest BCUT2D eigenvalue weighted by atomic mass is 10.2. The number of hydrogen-bond donors (Lipinski definition) is 1. The summed E-state index contributed by atoms with van der Waals surface area (Å²) in [6, 6.07) is 7.51. The van der Waals surface area contributed by atoms with E-state index >= 15 is 0 Å². The third-order valence-electron chi connectivity index (χ3n) is 4.12. The molecule has 0 spiro atoms. The van der Waals surface area contributed by atoms with Gasteiger partial charge in [0.25, 0.3) is 0 Å². The monoisotopic (exact) mass is 448 g/mol. The molecule has 0 amide bonds. The predicted molar refractivity (Wildman–Crippen MR) is 110 cm³/mol. The summed E-state index contributed by atoms with van der Waals surface area (Å²) >= 11 is 0. The Bertz CT molecular complexity index is 519. The second-order valence-corrected chi connectivity index (χ2v) is 6.08. The van der Waals surface area contributed by atoms with Crippen LogP contribution in [0.1, 0.15) is 32.3 Å². The van der Waals surface area contributed by atoms with Gasteiger partial charge in [-0.1, -0.05) is 19.1 Å². The van der Waals surface area contributed by atoms with E-state index in [1.807, 2.05) is 18.0 Å². The van der Waals surface area contributed by atoms with Gasteiger partial charge in [-0.2, -0.15) is 0 Å². The van der Waals surface area contributed by atoms with Gasteiger partial charge in [-0.05, 0) is 44.0 Å². The predicted octanol–water partition coefficient (Wildman–Crippen LogP) is 3.33. The fourth-order valence-corrected chi connectivity index (χ4v) is 2.78. The zero-order chi connectivity index (χ0) is 16.7. The second kappa shape index (κ2) is 10.9. The average Bonchev–Trinajstić information content (AvgIpc) is 3.35. The van der Waals surface area contributed by atoms with Crippen LogP contribution in [0.5, 0.6) is 0 Å². The maximum Gasteiger partial charge on any atom is 0.194 e. The third kappa shape index (κ3) is 6.93. The number of halogens is 2. The summed E-state index contributed by atoms with van der Waals surface area (Å²) in [5.74, 6) is 0.685. The van der Waals surface area contributed by atoms with Gasteiger partial charge in [0.15, 0.2) is 5.96 Å². The summed E-state index contributed by atoms with van der Waals surface area (Å²) < 4.78 is 13.3. The molecule has 136 valence electrons. The van der Waals surface area contributed by atoms with Gasteiger partial charge in [0, 0.05) is 32.7 Å². The summed E-state index contributed by atoms with van der Waals surface area (Å²) in [4.78, 5) is 9.27. The van der Waals surface area contributed by atoms with Crippen molar-refractivity contribution in [2.75, 3.05) is 33.2 Å². The highest BCUT2D eigenvalue weighted by molar-refractivity contribution is 14.0. The van der Waals surface area contributed by atoms with Gasteiger partial charge in [0.2, 0.25) is 0 Å². The Balaban J connectivity index is 0.00000288. The lowest BCUT2D eigenvalue weighted by molar-refractivity contribution is 0.285. The third-order valence-corrected chi connectivity index (χ3v) is 4.12. The van der Waals surface area contributed by atoms with E-state index in [9.17, 15) is 4.39 Å². The fraction of sp³-hybridized carbons (Fsp3) is 0.611. The zero-order valence-corrected chi connectivity index (χ0v) is 17.3. The first kappa shape index (κ1) is 21.2. The highest BCUT2D eigenvalue weighted by Gasteiger charge is 2.27. The fourth-order valence-electron chi connectivity index (χ4n) is 2.78. The van der Waals surface area contributed by atoms with Crippen molar-refractivity contribution < 1.29 is 4.39 Å². The average molecular weight is 448 g/mol. The minimum Gasteiger partial charge on any atom is -0.357 e. The van der Waals surface area contributed by atoms with Crippen LogP contribution in [0, 0.1) is 5.82 Å². The maximum atomic E-state index is 13.3. The Hall–Kier alpha value is -0.890. The molecule has 0 radical (unpaired) electrons. The number of guanidine groups is 1. The molecule has 0 aromatic heterocycles. The zero-order valence-electron chi connectivity index (χ0n) is 15.0. The van der Waals surface area contributed by atoms with Crippen molar-refractivity contribution >= 4 is 29.9 Å². The second-order valence-electron chi connectivity index (χ2n) is 6.08. The molecule has 0 atom stereocenters. The molecule has 1 saturated carbocycles. The number of nitrogens with one attached hydrogen (secondary N) is 1. The van der Waals surface area contributed by atoms with Crippen LogP contribution in [0.25, 0.3) is 0 Å². The van der Waals surface area contributed by atoms with E-state index in [0.29, 0.717) is 6.54 Å². The molecule has 0 aliphatic heterocycles. The first-order valence-electron chi connectivity index (χ1n) is 8.62. The van der Waals surface area contributed by atoms with E-state index in [1.165, 1.54) is 18.9 Å². The van der Waals surface area contributed by atoms with Crippen LogP contribution in [-0.2, 0) is 6.54 Å². The van der Waals surface area contributed by atoms with E-state index in [4.69, 9.17) is 4.99 Å². The van der Waals surface area contributed by atoms with Crippen molar-refractivity contribution in [2.24, 2.45) is 4.99 Å². The molecule has 0 unspecified atom stereocenters. The Morgan fingerprint density at radius 3 is 2.67 bits per heavy atom. The molecule has 1 fully saturated rings. The van der Waals surface area contributed by atoms with E-state index in [1.54, 1.807) is 12.1 Å². The molecule has 1 N–H and O–H groups in total. The van der Waals surface area contributed by atoms with E-state index in [2.05, 4.69) is 24.1 Å². The quantitative estimate of drug-likeness (QED) is 0.376. The van der Waals surface area contributed by atoms with Crippen LogP contribution >= 0.6 is 24.0 Å². The summed E-state index contributed by atoms with van der Waals surface area (Å²) in [7, 11) is 1.99. The molecule has 1 aliphatic rings. The topological polar surface area (TPSA) is 30.9 Å². The molecule has 2 rings (SSSR count). The summed E-state index contributed by atoms with van der Waals surface area (Å²) in [6.07, 6.45) is 2.66. The van der Waals surface area contributed by atoms with Gasteiger partial charge in [0.1, 0.15) is 5.82 Å². The number of likely N-dealkylation sites (N-methyl/N-ethyl adjacent to an activating group) is 1. The standard InChI is InChI=1S/C18H29FN4.HI/c1-4-20-18(21-11-12-23(5-2)17-9-10-17)22(3)14-15-7-6-8-16(19)13-15;/h6-8,13,17H,4-5,9-12,14H2,1-3H3,(H,20,21);1H.